The molecule has 15 heavy (non-hydrogen) atoms. The van der Waals surface area contributed by atoms with Crippen molar-refractivity contribution in [3.8, 4) is 0 Å². The van der Waals surface area contributed by atoms with Crippen LogP contribution in [0.15, 0.2) is 0 Å². The molecule has 1 aromatic heterocycles. The Morgan fingerprint density at radius 3 is 2.53 bits per heavy atom. The Hall–Kier alpha value is -0.900. The maximum Gasteiger partial charge on any atom is 0.0997 e. The maximum absolute atomic E-state index is 5.69. The molecule has 0 bridgehead atoms. The van der Waals surface area contributed by atoms with Crippen molar-refractivity contribution in [1.82, 2.24) is 15.0 Å². The molecule has 0 aromatic carbocycles. The Kier molecular flexibility index (Phi) is 2.78. The van der Waals surface area contributed by atoms with Crippen LogP contribution in [0.2, 0.25) is 0 Å². The van der Waals surface area contributed by atoms with Crippen LogP contribution >= 0.6 is 0 Å². The highest BCUT2D eigenvalue weighted by atomic mass is 15.4. The van der Waals surface area contributed by atoms with Gasteiger partial charge in [0.15, 0.2) is 0 Å². The monoisotopic (exact) mass is 208 g/mol. The zero-order valence-electron chi connectivity index (χ0n) is 9.77. The van der Waals surface area contributed by atoms with Gasteiger partial charge in [0.1, 0.15) is 0 Å². The number of rotatable bonds is 4. The van der Waals surface area contributed by atoms with E-state index in [0.717, 1.165) is 5.69 Å². The summed E-state index contributed by atoms with van der Waals surface area (Å²) < 4.78 is 2.09. The van der Waals surface area contributed by atoms with Crippen LogP contribution in [0.4, 0.5) is 0 Å². The van der Waals surface area contributed by atoms with E-state index in [2.05, 4.69) is 35.8 Å². The van der Waals surface area contributed by atoms with Crippen LogP contribution in [0.1, 0.15) is 57.0 Å². The minimum absolute atomic E-state index is 0.411. The molecule has 1 aliphatic rings. The molecule has 0 amide bonds. The summed E-state index contributed by atoms with van der Waals surface area (Å²) >= 11 is 0. The van der Waals surface area contributed by atoms with Crippen LogP contribution < -0.4 is 5.73 Å². The zero-order chi connectivity index (χ0) is 11.0. The summed E-state index contributed by atoms with van der Waals surface area (Å²) in [5, 5.41) is 8.44. The van der Waals surface area contributed by atoms with E-state index in [1.165, 1.54) is 18.5 Å². The van der Waals surface area contributed by atoms with Gasteiger partial charge in [0.05, 0.1) is 17.4 Å². The lowest BCUT2D eigenvalue weighted by molar-refractivity contribution is 0.358. The largest absolute Gasteiger partial charge is 0.325 e. The fourth-order valence-electron chi connectivity index (χ4n) is 1.84. The topological polar surface area (TPSA) is 56.7 Å². The van der Waals surface area contributed by atoms with Crippen molar-refractivity contribution in [3.05, 3.63) is 11.4 Å². The lowest BCUT2D eigenvalue weighted by atomic mass is 10.1. The Morgan fingerprint density at radius 1 is 1.40 bits per heavy atom. The Bertz CT molecular complexity index is 338. The molecular formula is C11H20N4. The van der Waals surface area contributed by atoms with E-state index in [-0.39, 0.29) is 0 Å². The first-order valence-corrected chi connectivity index (χ1v) is 5.79. The first kappa shape index (κ1) is 10.6. The van der Waals surface area contributed by atoms with Crippen LogP contribution in [0.25, 0.3) is 0 Å². The van der Waals surface area contributed by atoms with Crippen LogP contribution in [-0.4, -0.2) is 15.0 Å². The summed E-state index contributed by atoms with van der Waals surface area (Å²) in [5.41, 5.74) is 7.97. The fraction of sp³-hybridized carbons (Fsp3) is 0.818. The van der Waals surface area contributed by atoms with E-state index >= 15 is 0 Å². The zero-order valence-corrected chi connectivity index (χ0v) is 9.77. The normalized spacial score (nSPS) is 18.5. The van der Waals surface area contributed by atoms with Gasteiger partial charge in [0.25, 0.3) is 0 Å². The first-order chi connectivity index (χ1) is 7.15. The van der Waals surface area contributed by atoms with E-state index in [9.17, 15) is 0 Å². The number of hydrogen-bond donors (Lipinski definition) is 1. The molecule has 2 rings (SSSR count). The predicted molar refractivity (Wildman–Crippen MR) is 59.4 cm³/mol. The number of nitrogens with two attached hydrogens (primary N) is 1. The van der Waals surface area contributed by atoms with Gasteiger partial charge in [0.2, 0.25) is 0 Å². The molecule has 0 aliphatic heterocycles. The van der Waals surface area contributed by atoms with E-state index in [4.69, 9.17) is 5.73 Å². The predicted octanol–water partition coefficient (Wildman–Crippen LogP) is 1.83. The summed E-state index contributed by atoms with van der Waals surface area (Å²) in [6.45, 7) is 7.14. The van der Waals surface area contributed by atoms with Crippen LogP contribution in [0.5, 0.6) is 0 Å². The fourth-order valence-corrected chi connectivity index (χ4v) is 1.84. The molecule has 1 saturated carbocycles. The van der Waals surface area contributed by atoms with Gasteiger partial charge in [0, 0.05) is 12.5 Å². The molecule has 0 spiro atoms. The van der Waals surface area contributed by atoms with Crippen LogP contribution in [0, 0.1) is 5.92 Å². The van der Waals surface area contributed by atoms with E-state index in [0.29, 0.717) is 24.4 Å². The Morgan fingerprint density at radius 2 is 2.07 bits per heavy atom. The summed E-state index contributed by atoms with van der Waals surface area (Å²) in [6.07, 6.45) is 2.54. The molecule has 1 atom stereocenters. The highest BCUT2D eigenvalue weighted by molar-refractivity contribution is 5.20. The van der Waals surface area contributed by atoms with Crippen molar-refractivity contribution >= 4 is 0 Å². The highest BCUT2D eigenvalue weighted by Gasteiger charge is 2.32. The molecule has 1 unspecified atom stereocenters. The third-order valence-electron chi connectivity index (χ3n) is 3.31. The van der Waals surface area contributed by atoms with Crippen molar-refractivity contribution < 1.29 is 0 Å². The molecule has 1 aromatic rings. The first-order valence-electron chi connectivity index (χ1n) is 5.79. The summed E-state index contributed by atoms with van der Waals surface area (Å²) in [6, 6.07) is 0.411. The second kappa shape index (κ2) is 3.93. The molecule has 84 valence electrons. The second-order valence-corrected chi connectivity index (χ2v) is 4.83. The molecule has 0 saturated heterocycles. The SMILES string of the molecule is CC(C)C(C)n1nnc(CN)c1C1CC1. The van der Waals surface area contributed by atoms with Crippen molar-refractivity contribution in [3.63, 3.8) is 0 Å². The molecule has 1 fully saturated rings. The summed E-state index contributed by atoms with van der Waals surface area (Å²) in [5.74, 6) is 1.24. The average molecular weight is 208 g/mol. The quantitative estimate of drug-likeness (QED) is 0.821. The van der Waals surface area contributed by atoms with Gasteiger partial charge in [-0.05, 0) is 25.7 Å². The average Bonchev–Trinajstić information content (AvgIpc) is 2.96. The number of nitrogens with zero attached hydrogens (tertiary/aromatic N) is 3. The molecule has 0 radical (unpaired) electrons. The molecule has 4 heteroatoms. The highest BCUT2D eigenvalue weighted by Crippen LogP contribution is 2.42. The molecule has 1 aliphatic carbocycles. The second-order valence-electron chi connectivity index (χ2n) is 4.83. The molecule has 4 nitrogen and oxygen atoms in total. The molecule has 1 heterocycles. The Balaban J connectivity index is 2.33. The van der Waals surface area contributed by atoms with Gasteiger partial charge in [-0.15, -0.1) is 5.10 Å². The number of hydrogen-bond acceptors (Lipinski definition) is 3. The van der Waals surface area contributed by atoms with E-state index < -0.39 is 0 Å². The Labute approximate surface area is 90.8 Å². The van der Waals surface area contributed by atoms with Gasteiger partial charge < -0.3 is 5.73 Å². The van der Waals surface area contributed by atoms with Crippen molar-refractivity contribution in [1.29, 1.82) is 0 Å². The minimum atomic E-state index is 0.411. The minimum Gasteiger partial charge on any atom is -0.325 e. The van der Waals surface area contributed by atoms with E-state index in [1.54, 1.807) is 0 Å². The van der Waals surface area contributed by atoms with Gasteiger partial charge in [-0.1, -0.05) is 19.1 Å². The van der Waals surface area contributed by atoms with Crippen molar-refractivity contribution in [2.24, 2.45) is 11.7 Å². The third kappa shape index (κ3) is 1.91. The smallest absolute Gasteiger partial charge is 0.0997 e. The molecule has 2 N–H and O–H groups in total. The maximum atomic E-state index is 5.69. The molecular weight excluding hydrogens is 188 g/mol. The number of aromatic nitrogens is 3. The standard InChI is InChI=1S/C11H20N4/c1-7(2)8(3)15-11(9-4-5-9)10(6-12)13-14-15/h7-9H,4-6,12H2,1-3H3. The van der Waals surface area contributed by atoms with Gasteiger partial charge >= 0.3 is 0 Å². The third-order valence-corrected chi connectivity index (χ3v) is 3.31. The summed E-state index contributed by atoms with van der Waals surface area (Å²) in [4.78, 5) is 0. The summed E-state index contributed by atoms with van der Waals surface area (Å²) in [7, 11) is 0. The van der Waals surface area contributed by atoms with Gasteiger partial charge in [-0.3, -0.25) is 0 Å². The van der Waals surface area contributed by atoms with Crippen LogP contribution in [0.3, 0.4) is 0 Å². The van der Waals surface area contributed by atoms with Crippen molar-refractivity contribution in [2.45, 2.75) is 52.1 Å². The van der Waals surface area contributed by atoms with E-state index in [1.807, 2.05) is 0 Å². The van der Waals surface area contributed by atoms with Crippen LogP contribution in [-0.2, 0) is 6.54 Å². The van der Waals surface area contributed by atoms with Crippen molar-refractivity contribution in [2.75, 3.05) is 0 Å². The van der Waals surface area contributed by atoms with Gasteiger partial charge in [-0.2, -0.15) is 0 Å². The lowest BCUT2D eigenvalue weighted by Gasteiger charge is -2.18. The lowest BCUT2D eigenvalue weighted by Crippen LogP contribution is -2.16. The van der Waals surface area contributed by atoms with Gasteiger partial charge in [-0.25, -0.2) is 4.68 Å².